The summed E-state index contributed by atoms with van der Waals surface area (Å²) in [7, 11) is 1.76. The Labute approximate surface area is 107 Å². The van der Waals surface area contributed by atoms with Crippen LogP contribution in [0.5, 0.6) is 0 Å². The molecule has 6 heteroatoms. The lowest BCUT2D eigenvalue weighted by Gasteiger charge is -2.09. The largest absolute Gasteiger partial charge is 0.406 e. The van der Waals surface area contributed by atoms with Gasteiger partial charge in [-0.3, -0.25) is 4.57 Å². The van der Waals surface area contributed by atoms with Gasteiger partial charge in [-0.15, -0.1) is 0 Å². The number of rotatable bonds is 6. The smallest absolute Gasteiger partial charge is 0.364 e. The van der Waals surface area contributed by atoms with E-state index in [1.54, 1.807) is 11.6 Å². The van der Waals surface area contributed by atoms with Crippen molar-refractivity contribution < 1.29 is 4.92 Å². The molecule has 18 heavy (non-hydrogen) atoms. The maximum atomic E-state index is 10.8. The van der Waals surface area contributed by atoms with E-state index in [9.17, 15) is 10.1 Å². The van der Waals surface area contributed by atoms with Crippen LogP contribution in [-0.4, -0.2) is 21.0 Å². The zero-order valence-corrected chi connectivity index (χ0v) is 10.8. The first-order valence-corrected chi connectivity index (χ1v) is 6.58. The Kier molecular flexibility index (Phi) is 4.17. The fraction of sp³-hybridized carbons (Fsp3) is 0.750. The molecule has 1 saturated carbocycles. The fourth-order valence-corrected chi connectivity index (χ4v) is 2.65. The first-order valence-electron chi connectivity index (χ1n) is 6.58. The molecule has 1 aromatic rings. The number of nitro groups is 1. The highest BCUT2D eigenvalue weighted by Crippen LogP contribution is 2.28. The Morgan fingerprint density at radius 1 is 1.56 bits per heavy atom. The first kappa shape index (κ1) is 12.9. The Morgan fingerprint density at radius 3 is 2.94 bits per heavy atom. The highest BCUT2D eigenvalue weighted by molar-refractivity contribution is 5.51. The maximum absolute atomic E-state index is 10.8. The van der Waals surface area contributed by atoms with Gasteiger partial charge in [-0.05, 0) is 28.7 Å². The Balaban J connectivity index is 1.78. The number of nitrogens with one attached hydrogen (secondary N) is 1. The normalized spacial score (nSPS) is 16.1. The van der Waals surface area contributed by atoms with Gasteiger partial charge in [0.2, 0.25) is 12.1 Å². The van der Waals surface area contributed by atoms with Gasteiger partial charge in [-0.25, -0.2) is 0 Å². The summed E-state index contributed by atoms with van der Waals surface area (Å²) in [4.78, 5) is 14.1. The van der Waals surface area contributed by atoms with E-state index in [1.807, 2.05) is 0 Å². The van der Waals surface area contributed by atoms with Gasteiger partial charge in [0.1, 0.15) is 0 Å². The summed E-state index contributed by atoms with van der Waals surface area (Å²) in [6.07, 6.45) is 9.19. The zero-order chi connectivity index (χ0) is 13.0. The topological polar surface area (TPSA) is 73.0 Å². The van der Waals surface area contributed by atoms with Crippen molar-refractivity contribution in [1.82, 2.24) is 9.55 Å². The summed E-state index contributed by atoms with van der Waals surface area (Å²) < 4.78 is 1.66. The van der Waals surface area contributed by atoms with Crippen molar-refractivity contribution in [3.8, 4) is 0 Å². The third-order valence-electron chi connectivity index (χ3n) is 3.65. The molecule has 1 aromatic heterocycles. The SMILES string of the molecule is Cn1cnc([N+](=O)[O-])c1NCCCC1CCCC1. The number of aryl methyl sites for hydroxylation is 1. The highest BCUT2D eigenvalue weighted by atomic mass is 16.6. The van der Waals surface area contributed by atoms with E-state index < -0.39 is 4.92 Å². The molecule has 2 rings (SSSR count). The number of imidazole rings is 1. The molecule has 1 N–H and O–H groups in total. The second kappa shape index (κ2) is 5.84. The molecule has 0 bridgehead atoms. The predicted molar refractivity (Wildman–Crippen MR) is 69.5 cm³/mol. The summed E-state index contributed by atoms with van der Waals surface area (Å²) in [6.45, 7) is 0.775. The second-order valence-electron chi connectivity index (χ2n) is 5.00. The summed E-state index contributed by atoms with van der Waals surface area (Å²) in [5.41, 5.74) is 0. The van der Waals surface area contributed by atoms with E-state index in [4.69, 9.17) is 0 Å². The first-order chi connectivity index (χ1) is 8.68. The van der Waals surface area contributed by atoms with Crippen molar-refractivity contribution in [2.45, 2.75) is 38.5 Å². The number of anilines is 1. The Hall–Kier alpha value is -1.59. The van der Waals surface area contributed by atoms with Crippen LogP contribution in [0.15, 0.2) is 6.33 Å². The van der Waals surface area contributed by atoms with Crippen LogP contribution in [-0.2, 0) is 7.05 Å². The average Bonchev–Trinajstić information content (AvgIpc) is 2.94. The van der Waals surface area contributed by atoms with Crippen LogP contribution in [0.2, 0.25) is 0 Å². The summed E-state index contributed by atoms with van der Waals surface area (Å²) in [5, 5.41) is 13.9. The quantitative estimate of drug-likeness (QED) is 0.480. The predicted octanol–water partition coefficient (Wildman–Crippen LogP) is 2.71. The summed E-state index contributed by atoms with van der Waals surface area (Å²) in [6, 6.07) is 0. The van der Waals surface area contributed by atoms with E-state index in [1.165, 1.54) is 38.4 Å². The van der Waals surface area contributed by atoms with Gasteiger partial charge in [0.05, 0.1) is 0 Å². The molecule has 1 fully saturated rings. The van der Waals surface area contributed by atoms with Crippen molar-refractivity contribution >= 4 is 11.6 Å². The van der Waals surface area contributed by atoms with Crippen molar-refractivity contribution in [2.24, 2.45) is 13.0 Å². The molecular formula is C12H20N4O2. The van der Waals surface area contributed by atoms with Gasteiger partial charge in [-0.2, -0.15) is 0 Å². The number of aromatic nitrogens is 2. The minimum Gasteiger partial charge on any atom is -0.364 e. The van der Waals surface area contributed by atoms with Crippen LogP contribution in [0.4, 0.5) is 11.6 Å². The molecule has 0 atom stereocenters. The van der Waals surface area contributed by atoms with E-state index in [2.05, 4.69) is 10.3 Å². The average molecular weight is 252 g/mol. The van der Waals surface area contributed by atoms with Crippen LogP contribution in [0.3, 0.4) is 0 Å². The summed E-state index contributed by atoms with van der Waals surface area (Å²) in [5.74, 6) is 1.29. The lowest BCUT2D eigenvalue weighted by Crippen LogP contribution is -2.08. The number of hydrogen-bond acceptors (Lipinski definition) is 4. The Bertz CT molecular complexity index is 410. The molecule has 1 aliphatic carbocycles. The second-order valence-corrected chi connectivity index (χ2v) is 5.00. The summed E-state index contributed by atoms with van der Waals surface area (Å²) >= 11 is 0. The van der Waals surface area contributed by atoms with Gasteiger partial charge in [0, 0.05) is 13.6 Å². The van der Waals surface area contributed by atoms with Gasteiger partial charge in [0.25, 0.3) is 0 Å². The fourth-order valence-electron chi connectivity index (χ4n) is 2.65. The van der Waals surface area contributed by atoms with Crippen LogP contribution in [0.25, 0.3) is 0 Å². The molecule has 0 spiro atoms. The Morgan fingerprint density at radius 2 is 2.28 bits per heavy atom. The van der Waals surface area contributed by atoms with Crippen molar-refractivity contribution in [3.63, 3.8) is 0 Å². The van der Waals surface area contributed by atoms with Gasteiger partial charge in [-0.1, -0.05) is 25.7 Å². The van der Waals surface area contributed by atoms with Crippen LogP contribution in [0, 0.1) is 16.0 Å². The van der Waals surface area contributed by atoms with Gasteiger partial charge in [0.15, 0.2) is 0 Å². The molecule has 0 radical (unpaired) electrons. The minimum atomic E-state index is -0.445. The molecule has 1 heterocycles. The van der Waals surface area contributed by atoms with E-state index in [0.717, 1.165) is 18.9 Å². The maximum Gasteiger partial charge on any atom is 0.406 e. The molecule has 6 nitrogen and oxygen atoms in total. The van der Waals surface area contributed by atoms with Crippen molar-refractivity contribution in [1.29, 1.82) is 0 Å². The van der Waals surface area contributed by atoms with Crippen LogP contribution >= 0.6 is 0 Å². The van der Waals surface area contributed by atoms with Crippen LogP contribution in [0.1, 0.15) is 38.5 Å². The highest BCUT2D eigenvalue weighted by Gasteiger charge is 2.19. The van der Waals surface area contributed by atoms with Crippen molar-refractivity contribution in [2.75, 3.05) is 11.9 Å². The van der Waals surface area contributed by atoms with Crippen LogP contribution < -0.4 is 5.32 Å². The molecular weight excluding hydrogens is 232 g/mol. The van der Waals surface area contributed by atoms with Gasteiger partial charge >= 0.3 is 5.82 Å². The van der Waals surface area contributed by atoms with Crippen molar-refractivity contribution in [3.05, 3.63) is 16.4 Å². The number of hydrogen-bond donors (Lipinski definition) is 1. The van der Waals surface area contributed by atoms with E-state index in [0.29, 0.717) is 5.82 Å². The molecule has 100 valence electrons. The van der Waals surface area contributed by atoms with E-state index >= 15 is 0 Å². The van der Waals surface area contributed by atoms with Gasteiger partial charge < -0.3 is 15.4 Å². The molecule has 0 aromatic carbocycles. The monoisotopic (exact) mass is 252 g/mol. The molecule has 0 saturated heterocycles. The third-order valence-corrected chi connectivity index (χ3v) is 3.65. The molecule has 0 aliphatic heterocycles. The zero-order valence-electron chi connectivity index (χ0n) is 10.8. The van der Waals surface area contributed by atoms with E-state index in [-0.39, 0.29) is 5.82 Å². The molecule has 0 amide bonds. The standard InChI is InChI=1S/C12H20N4O2/c1-15-9-14-12(16(17)18)11(15)13-8-4-7-10-5-2-3-6-10/h9-10,13H,2-8H2,1H3. The molecule has 0 unspecified atom stereocenters. The lowest BCUT2D eigenvalue weighted by molar-refractivity contribution is -0.388. The minimum absolute atomic E-state index is 0.0848. The third kappa shape index (κ3) is 3.00. The molecule has 1 aliphatic rings. The number of nitrogens with zero attached hydrogens (tertiary/aromatic N) is 3. The lowest BCUT2D eigenvalue weighted by atomic mass is 10.0.